The predicted molar refractivity (Wildman–Crippen MR) is 74.1 cm³/mol. The highest BCUT2D eigenvalue weighted by atomic mass is 32.2. The Morgan fingerprint density at radius 2 is 2.11 bits per heavy atom. The zero-order valence-corrected chi connectivity index (χ0v) is 11.2. The maximum atomic E-state index is 5.51. The molecule has 0 unspecified atom stereocenters. The number of benzene rings is 1. The van der Waals surface area contributed by atoms with Gasteiger partial charge in [0.25, 0.3) is 0 Å². The quantitative estimate of drug-likeness (QED) is 0.810. The summed E-state index contributed by atoms with van der Waals surface area (Å²) in [6.07, 6.45) is 3.81. The van der Waals surface area contributed by atoms with E-state index in [0.29, 0.717) is 6.54 Å². The molecular formula is C13H17N3OS. The lowest BCUT2D eigenvalue weighted by atomic mass is 10.2. The molecule has 1 aromatic heterocycles. The van der Waals surface area contributed by atoms with Crippen LogP contribution in [0, 0.1) is 0 Å². The molecule has 2 aromatic rings. The number of nitrogens with zero attached hydrogens (tertiary/aromatic N) is 2. The Morgan fingerprint density at radius 1 is 1.33 bits per heavy atom. The summed E-state index contributed by atoms with van der Waals surface area (Å²) in [7, 11) is 1.67. The molecule has 2 rings (SSSR count). The molecule has 0 bridgehead atoms. The summed E-state index contributed by atoms with van der Waals surface area (Å²) in [5.41, 5.74) is 6.73. The van der Waals surface area contributed by atoms with E-state index in [9.17, 15) is 0 Å². The van der Waals surface area contributed by atoms with Crippen molar-refractivity contribution < 1.29 is 4.74 Å². The Balaban J connectivity index is 2.05. The Bertz CT molecular complexity index is 481. The average molecular weight is 263 g/mol. The Kier molecular flexibility index (Phi) is 4.66. The van der Waals surface area contributed by atoms with Gasteiger partial charge in [0.05, 0.1) is 7.11 Å². The van der Waals surface area contributed by atoms with Crippen LogP contribution in [0.15, 0.2) is 41.8 Å². The van der Waals surface area contributed by atoms with E-state index in [1.54, 1.807) is 18.9 Å². The molecule has 0 spiro atoms. The van der Waals surface area contributed by atoms with E-state index in [1.165, 1.54) is 5.56 Å². The highest BCUT2D eigenvalue weighted by molar-refractivity contribution is 7.99. The molecule has 4 nitrogen and oxygen atoms in total. The number of rotatable bonds is 6. The first kappa shape index (κ1) is 13.0. The van der Waals surface area contributed by atoms with Gasteiger partial charge in [0.1, 0.15) is 5.75 Å². The monoisotopic (exact) mass is 263 g/mol. The van der Waals surface area contributed by atoms with Gasteiger partial charge in [-0.3, -0.25) is 0 Å². The van der Waals surface area contributed by atoms with Crippen molar-refractivity contribution in [1.82, 2.24) is 9.55 Å². The zero-order chi connectivity index (χ0) is 12.8. The van der Waals surface area contributed by atoms with Crippen molar-refractivity contribution >= 4 is 11.8 Å². The average Bonchev–Trinajstić information content (AvgIpc) is 2.84. The summed E-state index contributed by atoms with van der Waals surface area (Å²) < 4.78 is 7.27. The van der Waals surface area contributed by atoms with Crippen molar-refractivity contribution in [2.45, 2.75) is 11.7 Å². The summed E-state index contributed by atoms with van der Waals surface area (Å²) in [5.74, 6) is 1.77. The van der Waals surface area contributed by atoms with E-state index in [-0.39, 0.29) is 0 Å². The van der Waals surface area contributed by atoms with Gasteiger partial charge in [-0.15, -0.1) is 0 Å². The zero-order valence-electron chi connectivity index (χ0n) is 10.4. The molecule has 18 heavy (non-hydrogen) atoms. The van der Waals surface area contributed by atoms with Crippen molar-refractivity contribution in [3.8, 4) is 5.75 Å². The van der Waals surface area contributed by atoms with Crippen LogP contribution in [0.5, 0.6) is 5.75 Å². The van der Waals surface area contributed by atoms with E-state index in [0.717, 1.165) is 23.2 Å². The summed E-state index contributed by atoms with van der Waals surface area (Å²) in [4.78, 5) is 4.33. The van der Waals surface area contributed by atoms with Crippen LogP contribution in [0.25, 0.3) is 0 Å². The second-order valence-electron chi connectivity index (χ2n) is 3.82. The van der Waals surface area contributed by atoms with Crippen LogP contribution in [0.4, 0.5) is 0 Å². The number of imidazole rings is 1. The normalized spacial score (nSPS) is 10.6. The molecule has 0 fully saturated rings. The van der Waals surface area contributed by atoms with Crippen molar-refractivity contribution in [2.24, 2.45) is 5.73 Å². The molecule has 1 aromatic carbocycles. The van der Waals surface area contributed by atoms with E-state index < -0.39 is 0 Å². The highest BCUT2D eigenvalue weighted by Crippen LogP contribution is 2.18. The van der Waals surface area contributed by atoms with Gasteiger partial charge in [-0.1, -0.05) is 23.9 Å². The molecule has 0 radical (unpaired) electrons. The fraction of sp³-hybridized carbons (Fsp3) is 0.308. The first-order valence-corrected chi connectivity index (χ1v) is 6.79. The lowest BCUT2D eigenvalue weighted by molar-refractivity contribution is 0.414. The third-order valence-corrected chi connectivity index (χ3v) is 3.58. The van der Waals surface area contributed by atoms with Gasteiger partial charge in [-0.05, 0) is 17.7 Å². The van der Waals surface area contributed by atoms with Crippen LogP contribution >= 0.6 is 11.8 Å². The van der Waals surface area contributed by atoms with E-state index in [4.69, 9.17) is 10.5 Å². The fourth-order valence-electron chi connectivity index (χ4n) is 1.63. The minimum atomic E-state index is 0.667. The van der Waals surface area contributed by atoms with Crippen LogP contribution < -0.4 is 10.5 Å². The van der Waals surface area contributed by atoms with Crippen LogP contribution in [0.1, 0.15) is 5.56 Å². The SMILES string of the molecule is COc1ccc(Cn2ccnc2SCCN)cc1. The standard InChI is InChI=1S/C13H17N3OS/c1-17-12-4-2-11(3-5-12)10-16-8-7-15-13(16)18-9-6-14/h2-5,7-8H,6,9-10,14H2,1H3. The molecule has 0 aliphatic rings. The smallest absolute Gasteiger partial charge is 0.168 e. The molecule has 0 amide bonds. The van der Waals surface area contributed by atoms with Crippen LogP contribution in [0.2, 0.25) is 0 Å². The molecule has 0 saturated heterocycles. The molecule has 0 aliphatic carbocycles. The number of nitrogens with two attached hydrogens (primary N) is 1. The van der Waals surface area contributed by atoms with Crippen molar-refractivity contribution in [2.75, 3.05) is 19.4 Å². The Labute approximate surface area is 111 Å². The first-order chi connectivity index (χ1) is 8.83. The third kappa shape index (κ3) is 3.27. The van der Waals surface area contributed by atoms with Gasteiger partial charge < -0.3 is 15.0 Å². The van der Waals surface area contributed by atoms with Crippen LogP contribution in [-0.4, -0.2) is 29.0 Å². The highest BCUT2D eigenvalue weighted by Gasteiger charge is 2.03. The molecular weight excluding hydrogens is 246 g/mol. The van der Waals surface area contributed by atoms with Crippen LogP contribution in [0.3, 0.4) is 0 Å². The fourth-order valence-corrected chi connectivity index (χ4v) is 2.36. The van der Waals surface area contributed by atoms with Gasteiger partial charge >= 0.3 is 0 Å². The predicted octanol–water partition coefficient (Wildman–Crippen LogP) is 1.99. The summed E-state index contributed by atoms with van der Waals surface area (Å²) >= 11 is 1.68. The van der Waals surface area contributed by atoms with E-state index in [2.05, 4.69) is 21.7 Å². The number of aromatic nitrogens is 2. The number of ether oxygens (including phenoxy) is 1. The van der Waals surface area contributed by atoms with Gasteiger partial charge in [0.15, 0.2) is 5.16 Å². The molecule has 2 N–H and O–H groups in total. The Hall–Kier alpha value is -1.46. The maximum absolute atomic E-state index is 5.51. The second kappa shape index (κ2) is 6.47. The van der Waals surface area contributed by atoms with Gasteiger partial charge in [-0.2, -0.15) is 0 Å². The molecule has 0 saturated carbocycles. The second-order valence-corrected chi connectivity index (χ2v) is 4.89. The summed E-state index contributed by atoms with van der Waals surface area (Å²) in [5, 5.41) is 1.01. The lowest BCUT2D eigenvalue weighted by Crippen LogP contribution is -2.04. The minimum absolute atomic E-state index is 0.667. The van der Waals surface area contributed by atoms with Gasteiger partial charge in [0.2, 0.25) is 0 Å². The lowest BCUT2D eigenvalue weighted by Gasteiger charge is -2.08. The van der Waals surface area contributed by atoms with Crippen molar-refractivity contribution in [3.05, 3.63) is 42.2 Å². The van der Waals surface area contributed by atoms with Crippen molar-refractivity contribution in [1.29, 1.82) is 0 Å². The van der Waals surface area contributed by atoms with E-state index in [1.807, 2.05) is 24.5 Å². The summed E-state index contributed by atoms with van der Waals surface area (Å²) in [6.45, 7) is 1.48. The maximum Gasteiger partial charge on any atom is 0.168 e. The Morgan fingerprint density at radius 3 is 2.78 bits per heavy atom. The number of methoxy groups -OCH3 is 1. The van der Waals surface area contributed by atoms with Gasteiger partial charge in [-0.25, -0.2) is 4.98 Å². The van der Waals surface area contributed by atoms with Gasteiger partial charge in [0, 0.05) is 31.2 Å². The molecule has 96 valence electrons. The largest absolute Gasteiger partial charge is 0.497 e. The molecule has 0 aliphatic heterocycles. The molecule has 1 heterocycles. The molecule has 5 heteroatoms. The number of hydrogen-bond donors (Lipinski definition) is 1. The number of thioether (sulfide) groups is 1. The third-order valence-electron chi connectivity index (χ3n) is 2.54. The first-order valence-electron chi connectivity index (χ1n) is 5.80. The topological polar surface area (TPSA) is 53.1 Å². The van der Waals surface area contributed by atoms with Crippen LogP contribution in [-0.2, 0) is 6.54 Å². The number of hydrogen-bond acceptors (Lipinski definition) is 4. The molecule has 0 atom stereocenters. The minimum Gasteiger partial charge on any atom is -0.497 e. The van der Waals surface area contributed by atoms with Crippen molar-refractivity contribution in [3.63, 3.8) is 0 Å². The summed E-state index contributed by atoms with van der Waals surface area (Å²) in [6, 6.07) is 8.07. The van der Waals surface area contributed by atoms with E-state index >= 15 is 0 Å².